The summed E-state index contributed by atoms with van der Waals surface area (Å²) in [7, 11) is 0. The molecular formula is C25H24N4O7. The lowest BCUT2D eigenvalue weighted by Gasteiger charge is -2.20. The Labute approximate surface area is 206 Å². The molecule has 0 unspecified atom stereocenters. The highest BCUT2D eigenvalue weighted by Crippen LogP contribution is 2.32. The number of non-ortho nitro benzene ring substituents is 1. The highest BCUT2D eigenvalue weighted by molar-refractivity contribution is 5.98. The van der Waals surface area contributed by atoms with Gasteiger partial charge in [-0.1, -0.05) is 19.9 Å². The molecular weight excluding hydrogens is 468 g/mol. The van der Waals surface area contributed by atoms with E-state index < -0.39 is 22.8 Å². The summed E-state index contributed by atoms with van der Waals surface area (Å²) in [6, 6.07) is 11.7. The predicted molar refractivity (Wildman–Crippen MR) is 130 cm³/mol. The molecule has 11 nitrogen and oxygen atoms in total. The van der Waals surface area contributed by atoms with Gasteiger partial charge in [0.15, 0.2) is 11.5 Å². The number of carbonyl (C=O) groups excluding carboxylic acids is 2. The van der Waals surface area contributed by atoms with E-state index in [0.29, 0.717) is 34.1 Å². The van der Waals surface area contributed by atoms with E-state index in [9.17, 15) is 19.7 Å². The smallest absolute Gasteiger partial charge is 0.270 e. The van der Waals surface area contributed by atoms with Crippen molar-refractivity contribution >= 4 is 23.7 Å². The molecule has 0 fully saturated rings. The van der Waals surface area contributed by atoms with Crippen molar-refractivity contribution in [2.24, 2.45) is 11.0 Å². The first kappa shape index (κ1) is 24.5. The van der Waals surface area contributed by atoms with Crippen LogP contribution in [0.25, 0.3) is 11.3 Å². The minimum absolute atomic E-state index is 0.0444. The summed E-state index contributed by atoms with van der Waals surface area (Å²) in [6.07, 6.45) is 1.31. The molecule has 36 heavy (non-hydrogen) atoms. The highest BCUT2D eigenvalue weighted by Gasteiger charge is 2.25. The molecule has 186 valence electrons. The van der Waals surface area contributed by atoms with E-state index in [2.05, 4.69) is 15.8 Å². The quantitative estimate of drug-likeness (QED) is 0.276. The Kier molecular flexibility index (Phi) is 7.00. The van der Waals surface area contributed by atoms with Gasteiger partial charge in [-0.05, 0) is 48.7 Å². The maximum atomic E-state index is 12.7. The van der Waals surface area contributed by atoms with Gasteiger partial charge in [-0.3, -0.25) is 19.7 Å². The number of fused-ring (bicyclic) bond motifs is 1. The standard InChI is InChI=1S/C25H24N4O7/c1-14(2)23(27-24(30)16-5-8-21-22(10-16)35-13-34-21)25(31)28-26-12-18-7-9-20(36-18)19-11-17(29(32)33)6-4-15(19)3/h4-12,14,23H,13H2,1-3H3,(H,27,30)(H,28,31)/t23-/m0/s1. The molecule has 1 aliphatic heterocycles. The van der Waals surface area contributed by atoms with Crippen LogP contribution in [-0.4, -0.2) is 35.8 Å². The van der Waals surface area contributed by atoms with Crippen molar-refractivity contribution in [3.8, 4) is 22.8 Å². The molecule has 2 aromatic carbocycles. The average molecular weight is 492 g/mol. The zero-order valence-electron chi connectivity index (χ0n) is 19.8. The number of benzene rings is 2. The molecule has 11 heteroatoms. The molecule has 4 rings (SSSR count). The second kappa shape index (κ2) is 10.3. The first-order valence-corrected chi connectivity index (χ1v) is 11.1. The number of furan rings is 1. The van der Waals surface area contributed by atoms with Gasteiger partial charge in [-0.25, -0.2) is 5.43 Å². The Morgan fingerprint density at radius 1 is 1.08 bits per heavy atom. The fourth-order valence-electron chi connectivity index (χ4n) is 3.58. The van der Waals surface area contributed by atoms with Crippen molar-refractivity contribution < 1.29 is 28.4 Å². The second-order valence-electron chi connectivity index (χ2n) is 8.46. The summed E-state index contributed by atoms with van der Waals surface area (Å²) in [5.41, 5.74) is 4.10. The van der Waals surface area contributed by atoms with E-state index in [4.69, 9.17) is 13.9 Å². The van der Waals surface area contributed by atoms with Crippen LogP contribution >= 0.6 is 0 Å². The van der Waals surface area contributed by atoms with Crippen molar-refractivity contribution in [3.05, 3.63) is 75.5 Å². The van der Waals surface area contributed by atoms with E-state index >= 15 is 0 Å². The lowest BCUT2D eigenvalue weighted by Crippen LogP contribution is -2.48. The number of carbonyl (C=O) groups is 2. The average Bonchev–Trinajstić information content (AvgIpc) is 3.51. The number of aryl methyl sites for hydroxylation is 1. The normalized spacial score (nSPS) is 13.1. The number of nitrogens with zero attached hydrogens (tertiary/aromatic N) is 2. The summed E-state index contributed by atoms with van der Waals surface area (Å²) < 4.78 is 16.3. The molecule has 2 heterocycles. The Hall–Kier alpha value is -4.67. The predicted octanol–water partition coefficient (Wildman–Crippen LogP) is 3.80. The van der Waals surface area contributed by atoms with Gasteiger partial charge in [-0.2, -0.15) is 5.10 Å². The molecule has 1 aliphatic rings. The molecule has 0 saturated carbocycles. The van der Waals surface area contributed by atoms with Crippen LogP contribution < -0.4 is 20.2 Å². The van der Waals surface area contributed by atoms with Crippen molar-refractivity contribution in [1.29, 1.82) is 0 Å². The van der Waals surface area contributed by atoms with E-state index in [1.165, 1.54) is 18.3 Å². The zero-order valence-corrected chi connectivity index (χ0v) is 19.8. The minimum atomic E-state index is -0.847. The van der Waals surface area contributed by atoms with Crippen LogP contribution in [0.3, 0.4) is 0 Å². The fourth-order valence-corrected chi connectivity index (χ4v) is 3.58. The first-order valence-electron chi connectivity index (χ1n) is 11.1. The molecule has 3 aromatic rings. The number of hydrogen-bond donors (Lipinski definition) is 2. The highest BCUT2D eigenvalue weighted by atomic mass is 16.7. The summed E-state index contributed by atoms with van der Waals surface area (Å²) in [5, 5.41) is 17.7. The van der Waals surface area contributed by atoms with Crippen LogP contribution in [0.2, 0.25) is 0 Å². The number of nitrogens with one attached hydrogen (secondary N) is 2. The van der Waals surface area contributed by atoms with Crippen LogP contribution in [0.1, 0.15) is 35.5 Å². The number of amides is 2. The van der Waals surface area contributed by atoms with Gasteiger partial charge in [0.25, 0.3) is 17.5 Å². The summed E-state index contributed by atoms with van der Waals surface area (Å²) in [6.45, 7) is 5.51. The third-order valence-electron chi connectivity index (χ3n) is 5.56. The van der Waals surface area contributed by atoms with E-state index in [0.717, 1.165) is 5.56 Å². The Bertz CT molecular complexity index is 1350. The lowest BCUT2D eigenvalue weighted by atomic mass is 10.0. The maximum absolute atomic E-state index is 12.7. The molecule has 0 spiro atoms. The van der Waals surface area contributed by atoms with Crippen molar-refractivity contribution in [1.82, 2.24) is 10.7 Å². The number of nitro benzene ring substituents is 1. The maximum Gasteiger partial charge on any atom is 0.270 e. The van der Waals surface area contributed by atoms with Gasteiger partial charge in [0.2, 0.25) is 6.79 Å². The zero-order chi connectivity index (χ0) is 25.8. The van der Waals surface area contributed by atoms with Crippen LogP contribution in [0.5, 0.6) is 11.5 Å². The molecule has 0 saturated heterocycles. The lowest BCUT2D eigenvalue weighted by molar-refractivity contribution is -0.384. The second-order valence-corrected chi connectivity index (χ2v) is 8.46. The first-order chi connectivity index (χ1) is 17.2. The molecule has 0 bridgehead atoms. The van der Waals surface area contributed by atoms with Crippen molar-refractivity contribution in [2.75, 3.05) is 6.79 Å². The van der Waals surface area contributed by atoms with Gasteiger partial charge < -0.3 is 19.2 Å². The summed E-state index contributed by atoms with van der Waals surface area (Å²) in [5.74, 6) is 0.634. The Morgan fingerprint density at radius 3 is 2.61 bits per heavy atom. The van der Waals surface area contributed by atoms with Gasteiger partial charge in [0.1, 0.15) is 17.6 Å². The van der Waals surface area contributed by atoms with E-state index in [1.807, 2.05) is 6.92 Å². The van der Waals surface area contributed by atoms with Crippen molar-refractivity contribution in [3.63, 3.8) is 0 Å². The third-order valence-corrected chi connectivity index (χ3v) is 5.56. The molecule has 1 atom stereocenters. The van der Waals surface area contributed by atoms with E-state index in [-0.39, 0.29) is 18.4 Å². The molecule has 2 N–H and O–H groups in total. The monoisotopic (exact) mass is 492 g/mol. The van der Waals surface area contributed by atoms with Crippen molar-refractivity contribution in [2.45, 2.75) is 26.8 Å². The largest absolute Gasteiger partial charge is 0.455 e. The molecule has 0 radical (unpaired) electrons. The van der Waals surface area contributed by atoms with Crippen LogP contribution in [0.15, 0.2) is 58.0 Å². The number of nitro groups is 1. The van der Waals surface area contributed by atoms with Crippen LogP contribution in [0.4, 0.5) is 5.69 Å². The molecule has 1 aromatic heterocycles. The number of rotatable bonds is 8. The van der Waals surface area contributed by atoms with Gasteiger partial charge in [-0.15, -0.1) is 0 Å². The summed E-state index contributed by atoms with van der Waals surface area (Å²) in [4.78, 5) is 36.0. The number of hydrazone groups is 1. The third kappa shape index (κ3) is 5.35. The summed E-state index contributed by atoms with van der Waals surface area (Å²) >= 11 is 0. The van der Waals surface area contributed by atoms with E-state index in [1.54, 1.807) is 50.2 Å². The topological polar surface area (TPSA) is 145 Å². The number of hydrogen-bond acceptors (Lipinski definition) is 8. The number of ether oxygens (including phenoxy) is 2. The van der Waals surface area contributed by atoms with Gasteiger partial charge >= 0.3 is 0 Å². The minimum Gasteiger partial charge on any atom is -0.455 e. The van der Waals surface area contributed by atoms with Crippen LogP contribution in [-0.2, 0) is 4.79 Å². The van der Waals surface area contributed by atoms with Crippen LogP contribution in [0, 0.1) is 23.0 Å². The SMILES string of the molecule is Cc1ccc([N+](=O)[O-])cc1-c1ccc(C=NNC(=O)[C@@H](NC(=O)c2ccc3c(c2)OCO3)C(C)C)o1. The molecule has 2 amide bonds. The molecule has 0 aliphatic carbocycles. The Morgan fingerprint density at radius 2 is 1.86 bits per heavy atom. The van der Waals surface area contributed by atoms with Gasteiger partial charge in [0.05, 0.1) is 11.1 Å². The Balaban J connectivity index is 1.40. The van der Waals surface area contributed by atoms with Gasteiger partial charge in [0, 0.05) is 23.3 Å². The fraction of sp³-hybridized carbons (Fsp3) is 0.240.